The molecule has 5 nitrogen and oxygen atoms in total. The zero-order valence-electron chi connectivity index (χ0n) is 13.8. The van der Waals surface area contributed by atoms with Crippen LogP contribution in [0.2, 0.25) is 5.02 Å². The number of piperazine rings is 1. The number of thiophene rings is 1. The van der Waals surface area contributed by atoms with E-state index in [2.05, 4.69) is 5.32 Å². The molecule has 1 fully saturated rings. The molecular formula is C18H20ClN3O2S. The van der Waals surface area contributed by atoms with E-state index in [4.69, 9.17) is 11.6 Å². The quantitative estimate of drug-likeness (QED) is 0.890. The van der Waals surface area contributed by atoms with Crippen molar-refractivity contribution in [2.75, 3.05) is 26.2 Å². The van der Waals surface area contributed by atoms with Crippen LogP contribution in [0.5, 0.6) is 0 Å². The summed E-state index contributed by atoms with van der Waals surface area (Å²) in [6.07, 6.45) is 0.443. The summed E-state index contributed by atoms with van der Waals surface area (Å²) in [5.74, 6) is 0.126. The molecule has 0 atom stereocenters. The minimum absolute atomic E-state index is 0.106. The molecule has 1 aliphatic rings. The maximum absolute atomic E-state index is 12.3. The van der Waals surface area contributed by atoms with Crippen LogP contribution >= 0.6 is 22.9 Å². The number of nitrogens with zero attached hydrogens (tertiary/aromatic N) is 2. The molecule has 2 aromatic rings. The fourth-order valence-electron chi connectivity index (χ4n) is 2.77. The number of halogens is 1. The van der Waals surface area contributed by atoms with E-state index in [0.29, 0.717) is 44.2 Å². The fraction of sp³-hybridized carbons (Fsp3) is 0.333. The fourth-order valence-corrected chi connectivity index (χ4v) is 3.68. The Morgan fingerprint density at radius 1 is 1.08 bits per heavy atom. The van der Waals surface area contributed by atoms with Crippen LogP contribution in [-0.4, -0.2) is 47.9 Å². The molecule has 132 valence electrons. The normalized spacial score (nSPS) is 14.4. The summed E-state index contributed by atoms with van der Waals surface area (Å²) >= 11 is 7.54. The lowest BCUT2D eigenvalue weighted by atomic mass is 10.2. The first-order chi connectivity index (χ1) is 12.1. The molecule has 3 amide bonds. The predicted octanol–water partition coefficient (Wildman–Crippen LogP) is 3.00. The largest absolute Gasteiger partial charge is 0.339 e. The summed E-state index contributed by atoms with van der Waals surface area (Å²) in [6.45, 7) is 2.70. The van der Waals surface area contributed by atoms with Crippen molar-refractivity contribution in [3.05, 3.63) is 57.2 Å². The first kappa shape index (κ1) is 17.8. The van der Waals surface area contributed by atoms with Crippen molar-refractivity contribution in [1.82, 2.24) is 15.1 Å². The SMILES string of the molecule is O=C(Cc1cccs1)N1CCN(C(=O)NCc2cccc(Cl)c2)CC1. The van der Waals surface area contributed by atoms with Crippen molar-refractivity contribution >= 4 is 34.9 Å². The zero-order valence-corrected chi connectivity index (χ0v) is 15.4. The van der Waals surface area contributed by atoms with Crippen LogP contribution in [0.4, 0.5) is 4.79 Å². The Balaban J connectivity index is 1.43. The van der Waals surface area contributed by atoms with E-state index in [1.165, 1.54) is 0 Å². The first-order valence-electron chi connectivity index (χ1n) is 8.19. The standard InChI is InChI=1S/C18H20ClN3O2S/c19-15-4-1-3-14(11-15)13-20-18(24)22-8-6-21(7-9-22)17(23)12-16-5-2-10-25-16/h1-5,10-11H,6-9,12-13H2,(H,20,24). The molecule has 1 aliphatic heterocycles. The van der Waals surface area contributed by atoms with Crippen LogP contribution in [0.3, 0.4) is 0 Å². The maximum Gasteiger partial charge on any atom is 0.317 e. The molecule has 1 N–H and O–H groups in total. The van der Waals surface area contributed by atoms with Crippen molar-refractivity contribution in [3.63, 3.8) is 0 Å². The Bertz CT molecular complexity index is 728. The van der Waals surface area contributed by atoms with E-state index in [1.54, 1.807) is 22.3 Å². The molecule has 7 heteroatoms. The third-order valence-electron chi connectivity index (χ3n) is 4.16. The molecule has 0 bridgehead atoms. The number of urea groups is 1. The lowest BCUT2D eigenvalue weighted by molar-refractivity contribution is -0.131. The van der Waals surface area contributed by atoms with E-state index in [9.17, 15) is 9.59 Å². The van der Waals surface area contributed by atoms with Crippen LogP contribution < -0.4 is 5.32 Å². The minimum atomic E-state index is -0.106. The van der Waals surface area contributed by atoms with Gasteiger partial charge in [-0.3, -0.25) is 4.79 Å². The second kappa shape index (κ2) is 8.36. The molecule has 1 saturated heterocycles. The van der Waals surface area contributed by atoms with E-state index in [0.717, 1.165) is 10.4 Å². The van der Waals surface area contributed by atoms with Crippen LogP contribution in [0.25, 0.3) is 0 Å². The van der Waals surface area contributed by atoms with Crippen molar-refractivity contribution in [2.24, 2.45) is 0 Å². The summed E-state index contributed by atoms with van der Waals surface area (Å²) in [5.41, 5.74) is 0.964. The Kier molecular flexibility index (Phi) is 5.94. The van der Waals surface area contributed by atoms with Crippen LogP contribution in [0.1, 0.15) is 10.4 Å². The van der Waals surface area contributed by atoms with Crippen molar-refractivity contribution in [2.45, 2.75) is 13.0 Å². The molecule has 0 unspecified atom stereocenters. The van der Waals surface area contributed by atoms with E-state index >= 15 is 0 Å². The van der Waals surface area contributed by atoms with Gasteiger partial charge >= 0.3 is 6.03 Å². The lowest BCUT2D eigenvalue weighted by Crippen LogP contribution is -2.53. The molecular weight excluding hydrogens is 358 g/mol. The summed E-state index contributed by atoms with van der Waals surface area (Å²) in [7, 11) is 0. The first-order valence-corrected chi connectivity index (χ1v) is 9.45. The van der Waals surface area contributed by atoms with Gasteiger partial charge in [0, 0.05) is 42.6 Å². The number of carbonyl (C=O) groups is 2. The Morgan fingerprint density at radius 3 is 2.52 bits per heavy atom. The minimum Gasteiger partial charge on any atom is -0.339 e. The Labute approximate surface area is 156 Å². The van der Waals surface area contributed by atoms with Gasteiger partial charge in [-0.2, -0.15) is 0 Å². The predicted molar refractivity (Wildman–Crippen MR) is 99.9 cm³/mol. The third-order valence-corrected chi connectivity index (χ3v) is 5.27. The number of carbonyl (C=O) groups excluding carboxylic acids is 2. The topological polar surface area (TPSA) is 52.7 Å². The van der Waals surface area contributed by atoms with Gasteiger partial charge < -0.3 is 15.1 Å². The van der Waals surface area contributed by atoms with Gasteiger partial charge in [0.1, 0.15) is 0 Å². The second-order valence-corrected chi connectivity index (χ2v) is 7.38. The second-order valence-electron chi connectivity index (χ2n) is 5.91. The number of hydrogen-bond donors (Lipinski definition) is 1. The van der Waals surface area contributed by atoms with Crippen molar-refractivity contribution in [3.8, 4) is 0 Å². The van der Waals surface area contributed by atoms with Gasteiger partial charge in [0.05, 0.1) is 6.42 Å². The zero-order chi connectivity index (χ0) is 17.6. The smallest absolute Gasteiger partial charge is 0.317 e. The van der Waals surface area contributed by atoms with Gasteiger partial charge in [-0.05, 0) is 29.1 Å². The molecule has 0 spiro atoms. The van der Waals surface area contributed by atoms with Gasteiger partial charge in [-0.1, -0.05) is 29.8 Å². The van der Waals surface area contributed by atoms with Gasteiger partial charge in [-0.15, -0.1) is 11.3 Å². The molecule has 1 aromatic carbocycles. The number of benzene rings is 1. The molecule has 3 rings (SSSR count). The average Bonchev–Trinajstić information content (AvgIpc) is 3.13. The van der Waals surface area contributed by atoms with Crippen LogP contribution in [0.15, 0.2) is 41.8 Å². The number of hydrogen-bond acceptors (Lipinski definition) is 3. The molecule has 2 heterocycles. The van der Waals surface area contributed by atoms with Gasteiger partial charge in [0.2, 0.25) is 5.91 Å². The highest BCUT2D eigenvalue weighted by Crippen LogP contribution is 2.13. The lowest BCUT2D eigenvalue weighted by Gasteiger charge is -2.34. The van der Waals surface area contributed by atoms with Crippen LogP contribution in [-0.2, 0) is 17.8 Å². The molecule has 0 saturated carbocycles. The van der Waals surface area contributed by atoms with E-state index in [1.807, 2.05) is 40.6 Å². The number of nitrogens with one attached hydrogen (secondary N) is 1. The van der Waals surface area contributed by atoms with Crippen LogP contribution in [0, 0.1) is 0 Å². The highest BCUT2D eigenvalue weighted by atomic mass is 35.5. The highest BCUT2D eigenvalue weighted by molar-refractivity contribution is 7.10. The Hall–Kier alpha value is -2.05. The van der Waals surface area contributed by atoms with Gasteiger partial charge in [-0.25, -0.2) is 4.79 Å². The summed E-state index contributed by atoms with van der Waals surface area (Å²) in [5, 5.41) is 5.54. The highest BCUT2D eigenvalue weighted by Gasteiger charge is 2.24. The Morgan fingerprint density at radius 2 is 1.84 bits per heavy atom. The number of amides is 3. The molecule has 1 aromatic heterocycles. The third kappa shape index (κ3) is 4.96. The average molecular weight is 378 g/mol. The molecule has 0 aliphatic carbocycles. The van der Waals surface area contributed by atoms with Gasteiger partial charge in [0.15, 0.2) is 0 Å². The summed E-state index contributed by atoms with van der Waals surface area (Å²) < 4.78 is 0. The van der Waals surface area contributed by atoms with E-state index in [-0.39, 0.29) is 11.9 Å². The van der Waals surface area contributed by atoms with Crippen molar-refractivity contribution < 1.29 is 9.59 Å². The number of rotatable bonds is 4. The van der Waals surface area contributed by atoms with E-state index < -0.39 is 0 Å². The van der Waals surface area contributed by atoms with Gasteiger partial charge in [0.25, 0.3) is 0 Å². The summed E-state index contributed by atoms with van der Waals surface area (Å²) in [4.78, 5) is 29.2. The maximum atomic E-state index is 12.3. The van der Waals surface area contributed by atoms with Crippen molar-refractivity contribution in [1.29, 1.82) is 0 Å². The monoisotopic (exact) mass is 377 g/mol. The summed E-state index contributed by atoms with van der Waals surface area (Å²) in [6, 6.07) is 11.3. The molecule has 0 radical (unpaired) electrons. The molecule has 25 heavy (non-hydrogen) atoms.